The molecule has 0 bridgehead atoms. The molecule has 1 rings (SSSR count). The third kappa shape index (κ3) is 1.82. The van der Waals surface area contributed by atoms with Crippen molar-refractivity contribution in [2.45, 2.75) is 0 Å². The molecule has 0 heterocycles. The Balaban J connectivity index is 2.98. The molecular formula is C7H5OSn. The Hall–Kier alpha value is -0.311. The van der Waals surface area contributed by atoms with Crippen molar-refractivity contribution in [2.24, 2.45) is 0 Å². The first-order chi connectivity index (χ1) is 4.30. The Morgan fingerprint density at radius 2 is 1.78 bits per heavy atom. The summed E-state index contributed by atoms with van der Waals surface area (Å²) in [6.07, 6.45) is 0. The summed E-state index contributed by atoms with van der Waals surface area (Å²) in [5.41, 5.74) is 0.815. The van der Waals surface area contributed by atoms with E-state index in [0.29, 0.717) is 0 Å². The topological polar surface area (TPSA) is 17.1 Å². The fraction of sp³-hybridized carbons (Fsp3) is 0. The van der Waals surface area contributed by atoms with E-state index in [1.807, 2.05) is 30.3 Å². The van der Waals surface area contributed by atoms with Crippen LogP contribution < -0.4 is 0 Å². The fourth-order valence-corrected chi connectivity index (χ4v) is 1.07. The van der Waals surface area contributed by atoms with Gasteiger partial charge in [-0.25, -0.2) is 0 Å². The van der Waals surface area contributed by atoms with Gasteiger partial charge in [-0.2, -0.15) is 0 Å². The summed E-state index contributed by atoms with van der Waals surface area (Å²) in [6, 6.07) is 9.31. The number of hydrogen-bond donors (Lipinski definition) is 0. The predicted octanol–water partition coefficient (Wildman–Crippen LogP) is 0.995. The normalized spacial score (nSPS) is 9.00. The first-order valence-corrected chi connectivity index (χ1v) is 4.04. The van der Waals surface area contributed by atoms with E-state index in [1.165, 1.54) is 0 Å². The number of rotatable bonds is 1. The van der Waals surface area contributed by atoms with E-state index in [9.17, 15) is 4.79 Å². The summed E-state index contributed by atoms with van der Waals surface area (Å²) < 4.78 is 0.211. The first kappa shape index (κ1) is 6.80. The number of carbonyl (C=O) groups excluding carboxylic acids is 1. The van der Waals surface area contributed by atoms with E-state index in [-0.39, 0.29) is 3.80 Å². The van der Waals surface area contributed by atoms with E-state index in [1.54, 1.807) is 0 Å². The van der Waals surface area contributed by atoms with Crippen LogP contribution in [0, 0.1) is 0 Å². The molecule has 1 aromatic rings. The van der Waals surface area contributed by atoms with Crippen molar-refractivity contribution in [2.75, 3.05) is 0 Å². The van der Waals surface area contributed by atoms with Gasteiger partial charge in [-0.05, 0) is 0 Å². The van der Waals surface area contributed by atoms with Crippen LogP contribution in [0.15, 0.2) is 30.3 Å². The van der Waals surface area contributed by atoms with Crippen LogP contribution in [0.2, 0.25) is 0 Å². The SMILES string of the molecule is O=[C]([Sn])c1ccccc1. The molecule has 0 spiro atoms. The molecule has 9 heavy (non-hydrogen) atoms. The predicted molar refractivity (Wildman–Crippen MR) is 36.5 cm³/mol. The monoisotopic (exact) mass is 225 g/mol. The Bertz CT molecular complexity index is 205. The third-order valence-electron chi connectivity index (χ3n) is 1.04. The second-order valence-corrected chi connectivity index (χ2v) is 2.99. The molecule has 0 aromatic heterocycles. The molecule has 0 fully saturated rings. The molecule has 0 aliphatic rings. The van der Waals surface area contributed by atoms with E-state index in [2.05, 4.69) is 0 Å². The van der Waals surface area contributed by atoms with Crippen LogP contribution in [-0.2, 0) is 0 Å². The van der Waals surface area contributed by atoms with Gasteiger partial charge in [-0.15, -0.1) is 0 Å². The van der Waals surface area contributed by atoms with Crippen LogP contribution in [0.25, 0.3) is 0 Å². The van der Waals surface area contributed by atoms with Gasteiger partial charge < -0.3 is 0 Å². The first-order valence-electron chi connectivity index (χ1n) is 2.61. The van der Waals surface area contributed by atoms with Crippen molar-refractivity contribution < 1.29 is 4.79 Å². The van der Waals surface area contributed by atoms with Crippen LogP contribution in [0.1, 0.15) is 10.4 Å². The number of carbonyl (C=O) groups is 1. The average molecular weight is 224 g/mol. The molecule has 0 aliphatic carbocycles. The molecule has 0 atom stereocenters. The van der Waals surface area contributed by atoms with Crippen molar-refractivity contribution >= 4 is 26.3 Å². The van der Waals surface area contributed by atoms with Gasteiger partial charge >= 0.3 is 67.0 Å². The molecule has 0 saturated carbocycles. The Morgan fingerprint density at radius 3 is 2.11 bits per heavy atom. The molecule has 1 nitrogen and oxygen atoms in total. The number of benzene rings is 1. The summed E-state index contributed by atoms with van der Waals surface area (Å²) >= 11 is 0.951. The molecule has 0 N–H and O–H groups in total. The van der Waals surface area contributed by atoms with Crippen LogP contribution in [0.5, 0.6) is 0 Å². The van der Waals surface area contributed by atoms with Gasteiger partial charge in [0.1, 0.15) is 0 Å². The van der Waals surface area contributed by atoms with Crippen LogP contribution in [-0.4, -0.2) is 26.3 Å². The zero-order valence-electron chi connectivity index (χ0n) is 4.79. The van der Waals surface area contributed by atoms with Gasteiger partial charge in [0.2, 0.25) is 0 Å². The molecular weight excluding hydrogens is 219 g/mol. The molecule has 43 valence electrons. The maximum atomic E-state index is 10.7. The third-order valence-corrected chi connectivity index (χ3v) is 1.86. The van der Waals surface area contributed by atoms with Gasteiger partial charge in [0, 0.05) is 0 Å². The zero-order chi connectivity index (χ0) is 6.69. The van der Waals surface area contributed by atoms with Gasteiger partial charge in [-0.3, -0.25) is 0 Å². The van der Waals surface area contributed by atoms with Gasteiger partial charge in [-0.1, -0.05) is 0 Å². The van der Waals surface area contributed by atoms with Crippen molar-refractivity contribution in [3.63, 3.8) is 0 Å². The molecule has 0 aliphatic heterocycles. The minimum absolute atomic E-state index is 0.211. The minimum atomic E-state index is 0.211. The number of hydrogen-bond acceptors (Lipinski definition) is 1. The van der Waals surface area contributed by atoms with Gasteiger partial charge in [0.05, 0.1) is 0 Å². The maximum absolute atomic E-state index is 10.7. The van der Waals surface area contributed by atoms with E-state index in [0.717, 1.165) is 28.1 Å². The van der Waals surface area contributed by atoms with Gasteiger partial charge in [0.15, 0.2) is 0 Å². The molecule has 0 amide bonds. The van der Waals surface area contributed by atoms with Crippen molar-refractivity contribution in [3.05, 3.63) is 35.9 Å². The van der Waals surface area contributed by atoms with E-state index in [4.69, 9.17) is 0 Å². The molecule has 2 heteroatoms. The Kier molecular flexibility index (Phi) is 2.28. The van der Waals surface area contributed by atoms with Crippen LogP contribution in [0.3, 0.4) is 0 Å². The van der Waals surface area contributed by atoms with Crippen LogP contribution >= 0.6 is 0 Å². The summed E-state index contributed by atoms with van der Waals surface area (Å²) in [6.45, 7) is 0. The van der Waals surface area contributed by atoms with Crippen molar-refractivity contribution in [1.82, 2.24) is 0 Å². The Labute approximate surface area is 67.2 Å². The van der Waals surface area contributed by atoms with Crippen molar-refractivity contribution in [3.8, 4) is 0 Å². The van der Waals surface area contributed by atoms with Crippen LogP contribution in [0.4, 0.5) is 0 Å². The standard InChI is InChI=1S/C7H5O.Sn/c8-6-7-4-2-1-3-5-7;/h1-5H;. The second kappa shape index (κ2) is 3.01. The van der Waals surface area contributed by atoms with E-state index >= 15 is 0 Å². The summed E-state index contributed by atoms with van der Waals surface area (Å²) in [7, 11) is 0. The quantitative estimate of drug-likeness (QED) is 0.650. The van der Waals surface area contributed by atoms with Crippen molar-refractivity contribution in [1.29, 1.82) is 0 Å². The summed E-state index contributed by atoms with van der Waals surface area (Å²) in [4.78, 5) is 10.7. The Morgan fingerprint density at radius 1 is 1.22 bits per heavy atom. The second-order valence-electron chi connectivity index (χ2n) is 1.70. The zero-order valence-corrected chi connectivity index (χ0v) is 7.65. The molecule has 3 radical (unpaired) electrons. The summed E-state index contributed by atoms with van der Waals surface area (Å²) in [5, 5.41) is 0. The molecule has 0 unspecified atom stereocenters. The van der Waals surface area contributed by atoms with E-state index < -0.39 is 0 Å². The average Bonchev–Trinajstić information content (AvgIpc) is 1.90. The molecule has 0 saturated heterocycles. The summed E-state index contributed by atoms with van der Waals surface area (Å²) in [5.74, 6) is 0. The molecule has 1 aromatic carbocycles. The van der Waals surface area contributed by atoms with Gasteiger partial charge in [0.25, 0.3) is 0 Å². The fourth-order valence-electron chi connectivity index (χ4n) is 0.590.